The molecular formula is C16H22N5+. The number of rotatable bonds is 4. The fourth-order valence-electron chi connectivity index (χ4n) is 2.66. The molecule has 0 amide bonds. The van der Waals surface area contributed by atoms with Crippen molar-refractivity contribution < 1.29 is 4.57 Å². The Morgan fingerprint density at radius 3 is 3.19 bits per heavy atom. The normalized spacial score (nSPS) is 16.8. The van der Waals surface area contributed by atoms with Crippen molar-refractivity contribution in [2.75, 3.05) is 17.6 Å². The second-order valence-electron chi connectivity index (χ2n) is 5.73. The van der Waals surface area contributed by atoms with Gasteiger partial charge in [-0.15, -0.1) is 5.10 Å². The predicted molar refractivity (Wildman–Crippen MR) is 84.6 cm³/mol. The third kappa shape index (κ3) is 2.91. The van der Waals surface area contributed by atoms with Crippen LogP contribution in [-0.2, 0) is 19.9 Å². The van der Waals surface area contributed by atoms with Gasteiger partial charge in [-0.25, -0.2) is 9.25 Å². The molecule has 1 unspecified atom stereocenters. The zero-order valence-electron chi connectivity index (χ0n) is 12.6. The Morgan fingerprint density at radius 1 is 1.52 bits per heavy atom. The number of nitrogens with zero attached hydrogens (tertiary/aromatic N) is 3. The van der Waals surface area contributed by atoms with Gasteiger partial charge in [0.05, 0.1) is 11.4 Å². The molecule has 1 aliphatic heterocycles. The molecule has 2 aromatic heterocycles. The van der Waals surface area contributed by atoms with Gasteiger partial charge in [-0.1, -0.05) is 13.0 Å². The minimum Gasteiger partial charge on any atom is -0.394 e. The number of pyridine rings is 1. The Kier molecular flexibility index (Phi) is 3.64. The molecule has 0 saturated carbocycles. The van der Waals surface area contributed by atoms with E-state index in [4.69, 9.17) is 5.73 Å². The van der Waals surface area contributed by atoms with Gasteiger partial charge in [0, 0.05) is 24.4 Å². The number of nitrogens with one attached hydrogen (secondary N) is 1. The molecular weight excluding hydrogens is 262 g/mol. The van der Waals surface area contributed by atoms with Crippen molar-refractivity contribution in [3.8, 4) is 0 Å². The minimum absolute atomic E-state index is 0.522. The average Bonchev–Trinajstić information content (AvgIpc) is 2.76. The number of allylic oxidation sites excluding steroid dienone is 1. The fraction of sp³-hybridized carbons (Fsp3) is 0.375. The summed E-state index contributed by atoms with van der Waals surface area (Å²) in [6.45, 7) is 3.01. The summed E-state index contributed by atoms with van der Waals surface area (Å²) in [5.41, 5.74) is 9.39. The molecule has 5 heteroatoms. The molecule has 0 bridgehead atoms. The van der Waals surface area contributed by atoms with E-state index in [0.717, 1.165) is 36.6 Å². The van der Waals surface area contributed by atoms with Crippen LogP contribution in [0.25, 0.3) is 6.20 Å². The number of fused-ring (bicyclic) bond motifs is 1. The van der Waals surface area contributed by atoms with Crippen LogP contribution in [0.5, 0.6) is 0 Å². The van der Waals surface area contributed by atoms with Crippen LogP contribution in [0.1, 0.15) is 18.2 Å². The van der Waals surface area contributed by atoms with E-state index >= 15 is 0 Å². The van der Waals surface area contributed by atoms with Crippen molar-refractivity contribution in [1.82, 2.24) is 9.78 Å². The van der Waals surface area contributed by atoms with Gasteiger partial charge >= 0.3 is 0 Å². The summed E-state index contributed by atoms with van der Waals surface area (Å²) in [6, 6.07) is 4.19. The van der Waals surface area contributed by atoms with Crippen LogP contribution >= 0.6 is 0 Å². The second-order valence-corrected chi connectivity index (χ2v) is 5.73. The highest BCUT2D eigenvalue weighted by Crippen LogP contribution is 2.28. The summed E-state index contributed by atoms with van der Waals surface area (Å²) in [5.74, 6) is 1.32. The zero-order valence-corrected chi connectivity index (χ0v) is 12.6. The van der Waals surface area contributed by atoms with Crippen molar-refractivity contribution in [2.45, 2.75) is 19.8 Å². The van der Waals surface area contributed by atoms with E-state index in [2.05, 4.69) is 46.3 Å². The quantitative estimate of drug-likeness (QED) is 0.839. The average molecular weight is 284 g/mol. The number of aromatic nitrogens is 3. The lowest BCUT2D eigenvalue weighted by Crippen LogP contribution is -2.27. The Morgan fingerprint density at radius 2 is 2.38 bits per heavy atom. The molecule has 1 atom stereocenters. The minimum atomic E-state index is 0.522. The summed E-state index contributed by atoms with van der Waals surface area (Å²) in [4.78, 5) is 0. The fourth-order valence-corrected chi connectivity index (χ4v) is 2.66. The smallest absolute Gasteiger partial charge is 0.172 e. The maximum atomic E-state index is 6.21. The largest absolute Gasteiger partial charge is 0.394 e. The third-order valence-electron chi connectivity index (χ3n) is 3.83. The molecule has 1 aliphatic rings. The van der Waals surface area contributed by atoms with E-state index in [1.54, 1.807) is 0 Å². The van der Waals surface area contributed by atoms with Crippen LogP contribution in [-0.4, -0.2) is 16.3 Å². The first-order valence-electron chi connectivity index (χ1n) is 7.36. The maximum absolute atomic E-state index is 6.21. The van der Waals surface area contributed by atoms with Crippen LogP contribution < -0.4 is 15.6 Å². The van der Waals surface area contributed by atoms with Gasteiger partial charge in [0.25, 0.3) is 0 Å². The third-order valence-corrected chi connectivity index (χ3v) is 3.83. The molecule has 3 N–H and O–H groups in total. The van der Waals surface area contributed by atoms with Crippen LogP contribution in [0.4, 0.5) is 11.5 Å². The Balaban J connectivity index is 1.65. The van der Waals surface area contributed by atoms with Crippen molar-refractivity contribution in [3.63, 3.8) is 0 Å². The van der Waals surface area contributed by atoms with Gasteiger partial charge in [-0.3, -0.25) is 0 Å². The number of hydrogen-bond donors (Lipinski definition) is 2. The maximum Gasteiger partial charge on any atom is 0.172 e. The molecule has 0 fully saturated rings. The van der Waals surface area contributed by atoms with Crippen LogP contribution in [0.15, 0.2) is 30.6 Å². The van der Waals surface area contributed by atoms with Crippen molar-refractivity contribution >= 4 is 17.7 Å². The highest BCUT2D eigenvalue weighted by atomic mass is 15.3. The molecule has 0 aromatic carbocycles. The van der Waals surface area contributed by atoms with Crippen LogP contribution in [0.3, 0.4) is 0 Å². The predicted octanol–water partition coefficient (Wildman–Crippen LogP) is 1.61. The monoisotopic (exact) mass is 284 g/mol. The summed E-state index contributed by atoms with van der Waals surface area (Å²) in [6.07, 6.45) is 10.2. The van der Waals surface area contributed by atoms with Gasteiger partial charge in [0.1, 0.15) is 7.05 Å². The molecule has 0 saturated heterocycles. The zero-order chi connectivity index (χ0) is 14.8. The molecule has 5 nitrogen and oxygen atoms in total. The van der Waals surface area contributed by atoms with Gasteiger partial charge in [0.2, 0.25) is 0 Å². The number of aryl methyl sites for hydroxylation is 1. The van der Waals surface area contributed by atoms with E-state index in [0.29, 0.717) is 5.92 Å². The van der Waals surface area contributed by atoms with Crippen molar-refractivity contribution in [3.05, 3.63) is 41.9 Å². The summed E-state index contributed by atoms with van der Waals surface area (Å²) in [7, 11) is 2.03. The van der Waals surface area contributed by atoms with E-state index < -0.39 is 0 Å². The molecule has 110 valence electrons. The first-order valence-corrected chi connectivity index (χ1v) is 7.36. The lowest BCUT2D eigenvalue weighted by atomic mass is 10.0. The Bertz CT molecular complexity index is 671. The standard InChI is InChI=1S/C16H22N5/c1-12-6-9-21-14(10-12)15(17)16(19-21)18-7-5-13-4-3-8-20(2)11-13/h3-4,6,8-9,11-12H,5,7,10,17H2,1-2H3,(H,18,19)/q+1. The van der Waals surface area contributed by atoms with Gasteiger partial charge in [0.15, 0.2) is 18.2 Å². The summed E-state index contributed by atoms with van der Waals surface area (Å²) < 4.78 is 3.95. The molecule has 0 radical (unpaired) electrons. The van der Waals surface area contributed by atoms with E-state index in [9.17, 15) is 0 Å². The molecule has 3 heterocycles. The molecule has 0 spiro atoms. The van der Waals surface area contributed by atoms with Gasteiger partial charge in [-0.2, -0.15) is 0 Å². The Hall–Kier alpha value is -2.30. The van der Waals surface area contributed by atoms with E-state index in [1.807, 2.05) is 24.1 Å². The van der Waals surface area contributed by atoms with E-state index in [-0.39, 0.29) is 0 Å². The second kappa shape index (κ2) is 5.60. The van der Waals surface area contributed by atoms with Gasteiger partial charge in [-0.05, 0) is 24.8 Å². The van der Waals surface area contributed by atoms with E-state index in [1.165, 1.54) is 5.56 Å². The summed E-state index contributed by atoms with van der Waals surface area (Å²) >= 11 is 0. The topological polar surface area (TPSA) is 59.8 Å². The number of nitrogen functional groups attached to an aromatic ring is 1. The van der Waals surface area contributed by atoms with Crippen molar-refractivity contribution in [2.24, 2.45) is 13.0 Å². The van der Waals surface area contributed by atoms with Crippen LogP contribution in [0.2, 0.25) is 0 Å². The number of nitrogens with two attached hydrogens (primary N) is 1. The first-order chi connectivity index (χ1) is 10.1. The van der Waals surface area contributed by atoms with Crippen LogP contribution in [0, 0.1) is 5.92 Å². The molecule has 2 aromatic rings. The SMILES string of the molecule is CC1C=Cn2nc(NCCc3ccc[n+](C)c3)c(N)c2C1. The lowest BCUT2D eigenvalue weighted by Gasteiger charge is -2.12. The molecule has 3 rings (SSSR count). The van der Waals surface area contributed by atoms with Gasteiger partial charge < -0.3 is 11.1 Å². The molecule has 21 heavy (non-hydrogen) atoms. The highest BCUT2D eigenvalue weighted by Gasteiger charge is 2.18. The number of anilines is 2. The summed E-state index contributed by atoms with van der Waals surface area (Å²) in [5, 5.41) is 7.87. The Labute approximate surface area is 125 Å². The number of hydrogen-bond acceptors (Lipinski definition) is 3. The molecule has 0 aliphatic carbocycles. The highest BCUT2D eigenvalue weighted by molar-refractivity contribution is 5.66. The first kappa shape index (κ1) is 13.7. The van der Waals surface area contributed by atoms with Crippen molar-refractivity contribution in [1.29, 1.82) is 0 Å². The lowest BCUT2D eigenvalue weighted by molar-refractivity contribution is -0.671.